The van der Waals surface area contributed by atoms with Crippen molar-refractivity contribution in [3.8, 4) is 0 Å². The maximum absolute atomic E-state index is 10.7. The maximum atomic E-state index is 10.7. The predicted molar refractivity (Wildman–Crippen MR) is 51.1 cm³/mol. The van der Waals surface area contributed by atoms with Crippen molar-refractivity contribution in [2.24, 2.45) is 0 Å². The first-order chi connectivity index (χ1) is 6.68. The Balaban J connectivity index is 2.33. The molecule has 0 bridgehead atoms. The number of benzene rings is 1. The summed E-state index contributed by atoms with van der Waals surface area (Å²) in [6.07, 6.45) is -0.472. The van der Waals surface area contributed by atoms with Gasteiger partial charge in [0.25, 0.3) is 0 Å². The third-order valence-corrected chi connectivity index (χ3v) is 2.41. The van der Waals surface area contributed by atoms with Crippen LogP contribution in [-0.4, -0.2) is 22.2 Å². The van der Waals surface area contributed by atoms with Gasteiger partial charge in [-0.25, -0.2) is 4.79 Å². The molecule has 0 saturated heterocycles. The van der Waals surface area contributed by atoms with E-state index in [0.29, 0.717) is 5.69 Å². The molecule has 0 spiro atoms. The van der Waals surface area contributed by atoms with Gasteiger partial charge in [-0.3, -0.25) is 0 Å². The van der Waals surface area contributed by atoms with Crippen molar-refractivity contribution in [1.29, 1.82) is 0 Å². The predicted octanol–water partition coefficient (Wildman–Crippen LogP) is 0.989. The second-order valence-corrected chi connectivity index (χ2v) is 3.37. The molecule has 2 rings (SSSR count). The fraction of sp³-hybridized carbons (Fsp3) is 0.300. The Morgan fingerprint density at radius 1 is 1.43 bits per heavy atom. The largest absolute Gasteiger partial charge is 0.480 e. The highest BCUT2D eigenvalue weighted by molar-refractivity contribution is 5.79. The highest BCUT2D eigenvalue weighted by Gasteiger charge is 2.28. The lowest BCUT2D eigenvalue weighted by Crippen LogP contribution is -2.34. The van der Waals surface area contributed by atoms with Gasteiger partial charge >= 0.3 is 5.97 Å². The van der Waals surface area contributed by atoms with Crippen LogP contribution in [-0.2, 0) is 4.79 Å². The van der Waals surface area contributed by atoms with E-state index in [1.807, 2.05) is 12.1 Å². The topological polar surface area (TPSA) is 69.6 Å². The summed E-state index contributed by atoms with van der Waals surface area (Å²) >= 11 is 0. The highest BCUT2D eigenvalue weighted by atomic mass is 16.4. The molecule has 4 heteroatoms. The van der Waals surface area contributed by atoms with Gasteiger partial charge < -0.3 is 15.5 Å². The number of rotatable bonds is 1. The molecule has 1 aliphatic heterocycles. The van der Waals surface area contributed by atoms with Crippen molar-refractivity contribution in [2.45, 2.75) is 18.6 Å². The first kappa shape index (κ1) is 9.02. The summed E-state index contributed by atoms with van der Waals surface area (Å²) in [4.78, 5) is 10.7. The molecule has 2 unspecified atom stereocenters. The van der Waals surface area contributed by atoms with Crippen LogP contribution < -0.4 is 5.32 Å². The number of fused-ring (bicyclic) bond motifs is 1. The highest BCUT2D eigenvalue weighted by Crippen LogP contribution is 2.31. The van der Waals surface area contributed by atoms with E-state index in [1.165, 1.54) is 0 Å². The Kier molecular flexibility index (Phi) is 2.13. The Bertz CT molecular complexity index is 364. The van der Waals surface area contributed by atoms with Gasteiger partial charge in [-0.1, -0.05) is 18.2 Å². The van der Waals surface area contributed by atoms with Gasteiger partial charge in [0.15, 0.2) is 0 Å². The van der Waals surface area contributed by atoms with Gasteiger partial charge in [0.05, 0.1) is 6.10 Å². The molecule has 4 nitrogen and oxygen atoms in total. The van der Waals surface area contributed by atoms with Crippen LogP contribution in [0.1, 0.15) is 18.1 Å². The quantitative estimate of drug-likeness (QED) is 0.622. The lowest BCUT2D eigenvalue weighted by molar-refractivity contribution is -0.138. The van der Waals surface area contributed by atoms with Gasteiger partial charge in [-0.15, -0.1) is 0 Å². The molecule has 1 aromatic carbocycles. The van der Waals surface area contributed by atoms with Crippen LogP contribution >= 0.6 is 0 Å². The van der Waals surface area contributed by atoms with E-state index >= 15 is 0 Å². The fourth-order valence-corrected chi connectivity index (χ4v) is 1.68. The molecular weight excluding hydrogens is 182 g/mol. The summed E-state index contributed by atoms with van der Waals surface area (Å²) in [5.74, 6) is -0.932. The molecule has 1 heterocycles. The molecule has 14 heavy (non-hydrogen) atoms. The smallest absolute Gasteiger partial charge is 0.326 e. The number of aliphatic hydroxyl groups is 1. The number of hydrogen-bond acceptors (Lipinski definition) is 3. The molecule has 0 aliphatic carbocycles. The van der Waals surface area contributed by atoms with Crippen molar-refractivity contribution < 1.29 is 15.0 Å². The van der Waals surface area contributed by atoms with E-state index in [1.54, 1.807) is 12.1 Å². The van der Waals surface area contributed by atoms with E-state index in [9.17, 15) is 9.90 Å². The molecule has 0 aromatic heterocycles. The van der Waals surface area contributed by atoms with Gasteiger partial charge in [0.2, 0.25) is 0 Å². The number of aliphatic carboxylic acids is 1. The van der Waals surface area contributed by atoms with Crippen molar-refractivity contribution in [2.75, 3.05) is 5.32 Å². The van der Waals surface area contributed by atoms with Crippen LogP contribution in [0.15, 0.2) is 24.3 Å². The Morgan fingerprint density at radius 2 is 2.14 bits per heavy atom. The minimum atomic E-state index is -0.932. The minimum Gasteiger partial charge on any atom is -0.480 e. The summed E-state index contributed by atoms with van der Waals surface area (Å²) in [5, 5.41) is 21.4. The van der Waals surface area contributed by atoms with Crippen LogP contribution in [0.2, 0.25) is 0 Å². The van der Waals surface area contributed by atoms with Gasteiger partial charge in [0, 0.05) is 17.7 Å². The minimum absolute atomic E-state index is 0.215. The number of aliphatic hydroxyl groups excluding tert-OH is 1. The number of nitrogens with one attached hydrogen (secondary N) is 1. The number of carbonyl (C=O) groups is 1. The zero-order valence-electron chi connectivity index (χ0n) is 7.47. The zero-order chi connectivity index (χ0) is 10.1. The first-order valence-corrected chi connectivity index (χ1v) is 4.45. The molecule has 1 aliphatic rings. The number of carboxylic acid groups (broad SMARTS) is 1. The molecule has 0 fully saturated rings. The van der Waals surface area contributed by atoms with E-state index < -0.39 is 18.1 Å². The normalized spacial score (nSPS) is 24.9. The number of para-hydroxylation sites is 1. The fourth-order valence-electron chi connectivity index (χ4n) is 1.68. The van der Waals surface area contributed by atoms with E-state index in [0.717, 1.165) is 5.56 Å². The molecule has 0 amide bonds. The molecule has 1 aromatic rings. The molecular formula is C10H11NO3. The van der Waals surface area contributed by atoms with Crippen LogP contribution in [0.25, 0.3) is 0 Å². The lowest BCUT2D eigenvalue weighted by atomic mass is 9.95. The van der Waals surface area contributed by atoms with E-state index in [4.69, 9.17) is 5.11 Å². The van der Waals surface area contributed by atoms with Crippen LogP contribution in [0.4, 0.5) is 5.69 Å². The van der Waals surface area contributed by atoms with Crippen LogP contribution in [0.3, 0.4) is 0 Å². The van der Waals surface area contributed by atoms with E-state index in [2.05, 4.69) is 5.32 Å². The summed E-state index contributed by atoms with van der Waals surface area (Å²) < 4.78 is 0. The average Bonchev–Trinajstić information content (AvgIpc) is 2.17. The van der Waals surface area contributed by atoms with Crippen molar-refractivity contribution in [1.82, 2.24) is 0 Å². The van der Waals surface area contributed by atoms with Crippen LogP contribution in [0.5, 0.6) is 0 Å². The summed E-state index contributed by atoms with van der Waals surface area (Å²) in [7, 11) is 0. The maximum Gasteiger partial charge on any atom is 0.326 e. The molecule has 0 radical (unpaired) electrons. The monoisotopic (exact) mass is 193 g/mol. The van der Waals surface area contributed by atoms with Crippen molar-refractivity contribution in [3.05, 3.63) is 29.8 Å². The molecule has 0 saturated carbocycles. The standard InChI is InChI=1S/C10H11NO3/c12-9-5-8(10(13)14)11-7-4-2-1-3-6(7)9/h1-4,8-9,11-12H,5H2,(H,13,14). The third-order valence-electron chi connectivity index (χ3n) is 2.41. The van der Waals surface area contributed by atoms with Crippen molar-refractivity contribution in [3.63, 3.8) is 0 Å². The summed E-state index contributed by atoms with van der Waals surface area (Å²) in [5.41, 5.74) is 1.48. The second kappa shape index (κ2) is 3.31. The zero-order valence-corrected chi connectivity index (χ0v) is 7.47. The third kappa shape index (κ3) is 1.44. The van der Waals surface area contributed by atoms with E-state index in [-0.39, 0.29) is 6.42 Å². The summed E-state index contributed by atoms with van der Waals surface area (Å²) in [6.45, 7) is 0. The molecule has 2 atom stereocenters. The van der Waals surface area contributed by atoms with Gasteiger partial charge in [-0.05, 0) is 6.07 Å². The van der Waals surface area contributed by atoms with Crippen molar-refractivity contribution >= 4 is 11.7 Å². The molecule has 74 valence electrons. The number of hydrogen-bond donors (Lipinski definition) is 3. The van der Waals surface area contributed by atoms with Gasteiger partial charge in [-0.2, -0.15) is 0 Å². The Hall–Kier alpha value is -1.55. The number of carboxylic acids is 1. The second-order valence-electron chi connectivity index (χ2n) is 3.37. The van der Waals surface area contributed by atoms with Crippen LogP contribution in [0, 0.1) is 0 Å². The summed E-state index contributed by atoms with van der Waals surface area (Å²) in [6, 6.07) is 6.51. The first-order valence-electron chi connectivity index (χ1n) is 4.45. The Labute approximate surface area is 81.2 Å². The lowest BCUT2D eigenvalue weighted by Gasteiger charge is -2.27. The molecule has 3 N–H and O–H groups in total. The van der Waals surface area contributed by atoms with Gasteiger partial charge in [0.1, 0.15) is 6.04 Å². The average molecular weight is 193 g/mol. The SMILES string of the molecule is O=C(O)C1CC(O)c2ccccc2N1. The number of anilines is 1. The Morgan fingerprint density at radius 3 is 2.86 bits per heavy atom.